The second-order valence-corrected chi connectivity index (χ2v) is 5.13. The lowest BCUT2D eigenvalue weighted by Gasteiger charge is -2.23. The third-order valence-corrected chi connectivity index (χ3v) is 3.46. The van der Waals surface area contributed by atoms with Crippen molar-refractivity contribution in [2.24, 2.45) is 0 Å². The highest BCUT2D eigenvalue weighted by molar-refractivity contribution is 14.1. The topological polar surface area (TPSA) is 21.3 Å². The fourth-order valence-corrected chi connectivity index (χ4v) is 2.12. The first-order chi connectivity index (χ1) is 7.67. The van der Waals surface area contributed by atoms with Crippen LogP contribution in [0.2, 0.25) is 0 Å². The van der Waals surface area contributed by atoms with Gasteiger partial charge in [-0.3, -0.25) is 0 Å². The van der Waals surface area contributed by atoms with E-state index in [2.05, 4.69) is 59.1 Å². The summed E-state index contributed by atoms with van der Waals surface area (Å²) in [7, 11) is 1.99. The molecule has 1 aromatic carbocycles. The maximum Gasteiger partial charge on any atom is 0.0702 e. The van der Waals surface area contributed by atoms with Gasteiger partial charge in [0.1, 0.15) is 0 Å². The summed E-state index contributed by atoms with van der Waals surface area (Å²) in [6.45, 7) is 4.93. The minimum atomic E-state index is 0.245. The normalized spacial score (nSPS) is 14.8. The molecule has 0 aromatic heterocycles. The minimum Gasteiger partial charge on any atom is -0.377 e. The summed E-state index contributed by atoms with van der Waals surface area (Å²) in [4.78, 5) is 0. The van der Waals surface area contributed by atoms with Crippen LogP contribution in [0.3, 0.4) is 0 Å². The Balaban J connectivity index is 2.59. The van der Waals surface area contributed by atoms with Crippen molar-refractivity contribution in [1.29, 1.82) is 0 Å². The Bertz CT molecular complexity index is 299. The molecule has 2 atom stereocenters. The number of rotatable bonds is 6. The highest BCUT2D eigenvalue weighted by atomic mass is 127. The van der Waals surface area contributed by atoms with Gasteiger partial charge in [0.15, 0.2) is 0 Å². The van der Waals surface area contributed by atoms with E-state index in [9.17, 15) is 0 Å². The van der Waals surface area contributed by atoms with E-state index in [1.165, 1.54) is 9.13 Å². The lowest BCUT2D eigenvalue weighted by molar-refractivity contribution is 0.0497. The van der Waals surface area contributed by atoms with E-state index in [4.69, 9.17) is 4.74 Å². The molecule has 16 heavy (non-hydrogen) atoms. The van der Waals surface area contributed by atoms with Crippen LogP contribution in [0.5, 0.6) is 0 Å². The Labute approximate surface area is 112 Å². The fraction of sp³-hybridized carbons (Fsp3) is 0.538. The molecule has 0 bridgehead atoms. The molecule has 1 N–H and O–H groups in total. The first-order valence-electron chi connectivity index (χ1n) is 5.70. The summed E-state index contributed by atoms with van der Waals surface area (Å²) < 4.78 is 6.90. The van der Waals surface area contributed by atoms with Gasteiger partial charge in [0.05, 0.1) is 6.10 Å². The summed E-state index contributed by atoms with van der Waals surface area (Å²) in [5.74, 6) is 0. The van der Waals surface area contributed by atoms with Crippen LogP contribution in [-0.2, 0) is 11.2 Å². The van der Waals surface area contributed by atoms with Crippen molar-refractivity contribution in [3.05, 3.63) is 33.4 Å². The van der Waals surface area contributed by atoms with Gasteiger partial charge in [-0.2, -0.15) is 0 Å². The summed E-state index contributed by atoms with van der Waals surface area (Å²) in [5.41, 5.74) is 1.35. The van der Waals surface area contributed by atoms with Crippen LogP contribution in [0.1, 0.15) is 19.4 Å². The molecular weight excluding hydrogens is 313 g/mol. The zero-order chi connectivity index (χ0) is 12.0. The molecule has 3 heteroatoms. The Morgan fingerprint density at radius 1 is 1.31 bits per heavy atom. The number of ether oxygens (including phenoxy) is 1. The molecule has 2 unspecified atom stereocenters. The Kier molecular flexibility index (Phi) is 6.31. The fourth-order valence-electron chi connectivity index (χ4n) is 1.76. The average Bonchev–Trinajstić information content (AvgIpc) is 2.28. The molecule has 0 amide bonds. The van der Waals surface area contributed by atoms with Crippen molar-refractivity contribution in [2.75, 3.05) is 13.7 Å². The zero-order valence-corrected chi connectivity index (χ0v) is 12.3. The van der Waals surface area contributed by atoms with Crippen LogP contribution >= 0.6 is 22.6 Å². The van der Waals surface area contributed by atoms with Gasteiger partial charge in [0.25, 0.3) is 0 Å². The van der Waals surface area contributed by atoms with Crippen molar-refractivity contribution in [3.63, 3.8) is 0 Å². The monoisotopic (exact) mass is 333 g/mol. The number of halogens is 1. The Morgan fingerprint density at radius 3 is 2.44 bits per heavy atom. The lowest BCUT2D eigenvalue weighted by atomic mass is 10.0. The quantitative estimate of drug-likeness (QED) is 0.809. The number of hydrogen-bond acceptors (Lipinski definition) is 2. The van der Waals surface area contributed by atoms with Gasteiger partial charge < -0.3 is 10.1 Å². The second-order valence-electron chi connectivity index (χ2n) is 3.89. The van der Waals surface area contributed by atoms with Crippen molar-refractivity contribution in [2.45, 2.75) is 32.4 Å². The largest absolute Gasteiger partial charge is 0.377 e. The molecule has 0 aliphatic carbocycles. The summed E-state index contributed by atoms with van der Waals surface area (Å²) in [6, 6.07) is 9.04. The predicted molar refractivity (Wildman–Crippen MR) is 76.8 cm³/mol. The van der Waals surface area contributed by atoms with Gasteiger partial charge in [-0.1, -0.05) is 12.1 Å². The van der Waals surface area contributed by atoms with E-state index >= 15 is 0 Å². The van der Waals surface area contributed by atoms with E-state index in [1.54, 1.807) is 0 Å². The molecule has 1 aromatic rings. The van der Waals surface area contributed by atoms with Crippen LogP contribution in [0.15, 0.2) is 24.3 Å². The van der Waals surface area contributed by atoms with Gasteiger partial charge in [-0.25, -0.2) is 0 Å². The van der Waals surface area contributed by atoms with Gasteiger partial charge in [0.2, 0.25) is 0 Å². The first-order valence-corrected chi connectivity index (χ1v) is 6.78. The summed E-state index contributed by atoms with van der Waals surface area (Å²) >= 11 is 2.33. The molecular formula is C13H20INO. The van der Waals surface area contributed by atoms with Gasteiger partial charge >= 0.3 is 0 Å². The van der Waals surface area contributed by atoms with Crippen LogP contribution in [0.4, 0.5) is 0 Å². The number of hydrogen-bond donors (Lipinski definition) is 1. The summed E-state index contributed by atoms with van der Waals surface area (Å²) in [5, 5.41) is 3.32. The second kappa shape index (κ2) is 7.25. The van der Waals surface area contributed by atoms with Crippen molar-refractivity contribution < 1.29 is 4.74 Å². The van der Waals surface area contributed by atoms with E-state index in [1.807, 2.05) is 14.0 Å². The molecule has 0 fully saturated rings. The van der Waals surface area contributed by atoms with Crippen LogP contribution in [-0.4, -0.2) is 25.8 Å². The molecule has 0 aliphatic heterocycles. The lowest BCUT2D eigenvalue weighted by Crippen LogP contribution is -2.39. The van der Waals surface area contributed by atoms with Crippen LogP contribution in [0.25, 0.3) is 0 Å². The average molecular weight is 333 g/mol. The molecule has 0 spiro atoms. The Morgan fingerprint density at radius 2 is 1.94 bits per heavy atom. The third-order valence-electron chi connectivity index (χ3n) is 2.74. The molecule has 1 rings (SSSR count). The van der Waals surface area contributed by atoms with E-state index in [0.717, 1.165) is 13.0 Å². The predicted octanol–water partition coefficient (Wildman–Crippen LogP) is 2.85. The van der Waals surface area contributed by atoms with E-state index in [-0.39, 0.29) is 6.10 Å². The SMILES string of the molecule is CCOC(C)C(Cc1ccc(I)cc1)NC. The molecule has 2 nitrogen and oxygen atoms in total. The highest BCUT2D eigenvalue weighted by Crippen LogP contribution is 2.11. The van der Waals surface area contributed by atoms with Crippen molar-refractivity contribution >= 4 is 22.6 Å². The van der Waals surface area contributed by atoms with Gasteiger partial charge in [-0.15, -0.1) is 0 Å². The molecule has 0 aliphatic rings. The standard InChI is InChI=1S/C13H20INO/c1-4-16-10(2)13(15-3)9-11-5-7-12(14)8-6-11/h5-8,10,13,15H,4,9H2,1-3H3. The highest BCUT2D eigenvalue weighted by Gasteiger charge is 2.15. The first kappa shape index (κ1) is 13.9. The molecule has 0 radical (unpaired) electrons. The maximum absolute atomic E-state index is 5.63. The third kappa shape index (κ3) is 4.39. The van der Waals surface area contributed by atoms with Crippen LogP contribution < -0.4 is 5.32 Å². The van der Waals surface area contributed by atoms with E-state index < -0.39 is 0 Å². The zero-order valence-electron chi connectivity index (χ0n) is 10.2. The number of likely N-dealkylation sites (N-methyl/N-ethyl adjacent to an activating group) is 1. The Hall–Kier alpha value is -0.130. The minimum absolute atomic E-state index is 0.245. The molecule has 0 heterocycles. The van der Waals surface area contributed by atoms with Crippen LogP contribution in [0, 0.1) is 3.57 Å². The van der Waals surface area contributed by atoms with Crippen molar-refractivity contribution in [1.82, 2.24) is 5.32 Å². The summed E-state index contributed by atoms with van der Waals surface area (Å²) in [6.07, 6.45) is 1.25. The smallest absolute Gasteiger partial charge is 0.0702 e. The molecule has 0 saturated heterocycles. The molecule has 90 valence electrons. The number of nitrogens with one attached hydrogen (secondary N) is 1. The van der Waals surface area contributed by atoms with Gasteiger partial charge in [-0.05, 0) is 67.6 Å². The van der Waals surface area contributed by atoms with Crippen molar-refractivity contribution in [3.8, 4) is 0 Å². The number of benzene rings is 1. The van der Waals surface area contributed by atoms with Gasteiger partial charge in [0, 0.05) is 16.2 Å². The maximum atomic E-state index is 5.63. The molecule has 0 saturated carbocycles. The van der Waals surface area contributed by atoms with E-state index in [0.29, 0.717) is 6.04 Å².